The van der Waals surface area contributed by atoms with Gasteiger partial charge in [0.05, 0.1) is 21.0 Å². The topological polar surface area (TPSA) is 71.7 Å². The number of fused-ring (bicyclic) bond motifs is 1. The number of amides is 1. The summed E-state index contributed by atoms with van der Waals surface area (Å²) in [6.45, 7) is 3.30. The minimum absolute atomic E-state index is 0.167. The monoisotopic (exact) mass is 507 g/mol. The molecule has 0 bridgehead atoms. The molecular formula is C21H22BrN3O3S2. The van der Waals surface area contributed by atoms with Gasteiger partial charge in [-0.3, -0.25) is 4.79 Å². The van der Waals surface area contributed by atoms with Gasteiger partial charge in [0.15, 0.2) is 4.80 Å². The smallest absolute Gasteiger partial charge is 0.252 e. The molecule has 1 unspecified atom stereocenters. The first-order valence-electron chi connectivity index (χ1n) is 9.83. The van der Waals surface area contributed by atoms with E-state index in [0.29, 0.717) is 30.7 Å². The standard InChI is InChI=1S/C21H22BrN3O3S2/c1-2-25-19-17(22)11-6-12-18(19)29-21(25)23-20(26)15-8-7-13-24(14-15)30(27,28)16-9-4-3-5-10-16/h3-6,9-12,15H,2,7-8,13-14H2,1H3. The third-order valence-electron chi connectivity index (χ3n) is 5.29. The van der Waals surface area contributed by atoms with Crippen LogP contribution in [0.15, 0.2) is 62.9 Å². The van der Waals surface area contributed by atoms with Crippen LogP contribution in [0, 0.1) is 5.92 Å². The Kier molecular flexibility index (Phi) is 6.24. The number of sulfonamides is 1. The van der Waals surface area contributed by atoms with Crippen molar-refractivity contribution in [2.75, 3.05) is 13.1 Å². The zero-order valence-corrected chi connectivity index (χ0v) is 19.7. The number of piperidine rings is 1. The second kappa shape index (κ2) is 8.74. The van der Waals surface area contributed by atoms with Gasteiger partial charge in [-0.1, -0.05) is 35.6 Å². The number of hydrogen-bond acceptors (Lipinski definition) is 4. The van der Waals surface area contributed by atoms with Gasteiger partial charge in [-0.2, -0.15) is 9.30 Å². The van der Waals surface area contributed by atoms with Gasteiger partial charge in [-0.05, 0) is 60.0 Å². The predicted octanol–water partition coefficient (Wildman–Crippen LogP) is 4.01. The van der Waals surface area contributed by atoms with Crippen LogP contribution in [0.1, 0.15) is 19.8 Å². The Bertz CT molecular complexity index is 1250. The van der Waals surface area contributed by atoms with Crippen LogP contribution in [0.4, 0.5) is 0 Å². The second-order valence-corrected chi connectivity index (χ2v) is 11.0. The van der Waals surface area contributed by atoms with Crippen LogP contribution in [-0.4, -0.2) is 36.3 Å². The van der Waals surface area contributed by atoms with Crippen LogP contribution in [0.3, 0.4) is 0 Å². The molecule has 1 amide bonds. The molecule has 0 saturated carbocycles. The number of nitrogens with zero attached hydrogens (tertiary/aromatic N) is 3. The maximum atomic E-state index is 13.0. The lowest BCUT2D eigenvalue weighted by Crippen LogP contribution is -2.42. The lowest BCUT2D eigenvalue weighted by molar-refractivity contribution is -0.122. The van der Waals surface area contributed by atoms with Gasteiger partial charge in [0.1, 0.15) is 0 Å². The summed E-state index contributed by atoms with van der Waals surface area (Å²) in [6.07, 6.45) is 1.29. The number of thiazole rings is 1. The van der Waals surface area contributed by atoms with E-state index in [1.54, 1.807) is 30.3 Å². The molecule has 1 aliphatic rings. The highest BCUT2D eigenvalue weighted by molar-refractivity contribution is 9.10. The molecule has 1 aliphatic heterocycles. The molecule has 1 atom stereocenters. The fourth-order valence-electron chi connectivity index (χ4n) is 3.75. The lowest BCUT2D eigenvalue weighted by Gasteiger charge is -2.30. The summed E-state index contributed by atoms with van der Waals surface area (Å²) in [7, 11) is -3.61. The second-order valence-electron chi connectivity index (χ2n) is 7.18. The molecule has 3 aromatic rings. The van der Waals surface area contributed by atoms with Gasteiger partial charge in [0.2, 0.25) is 10.0 Å². The molecule has 2 aromatic carbocycles. The Morgan fingerprint density at radius 1 is 1.20 bits per heavy atom. The Morgan fingerprint density at radius 2 is 1.97 bits per heavy atom. The fourth-order valence-corrected chi connectivity index (χ4v) is 7.14. The number of aryl methyl sites for hydroxylation is 1. The van der Waals surface area contributed by atoms with Crippen LogP contribution < -0.4 is 4.80 Å². The molecular weight excluding hydrogens is 486 g/mol. The zero-order chi connectivity index (χ0) is 21.3. The van der Waals surface area contributed by atoms with E-state index in [1.165, 1.54) is 15.6 Å². The van der Waals surface area contributed by atoms with Gasteiger partial charge in [0, 0.05) is 24.1 Å². The quantitative estimate of drug-likeness (QED) is 0.535. The maximum Gasteiger partial charge on any atom is 0.252 e. The number of para-hydroxylation sites is 1. The van der Waals surface area contributed by atoms with Crippen LogP contribution in [0.2, 0.25) is 0 Å². The molecule has 30 heavy (non-hydrogen) atoms. The third-order valence-corrected chi connectivity index (χ3v) is 8.85. The summed E-state index contributed by atoms with van der Waals surface area (Å²) in [5, 5.41) is 0. The summed E-state index contributed by atoms with van der Waals surface area (Å²) >= 11 is 5.05. The molecule has 2 heterocycles. The first kappa shape index (κ1) is 21.4. The molecule has 0 spiro atoms. The van der Waals surface area contributed by atoms with Crippen molar-refractivity contribution in [3.8, 4) is 0 Å². The highest BCUT2D eigenvalue weighted by atomic mass is 79.9. The zero-order valence-electron chi connectivity index (χ0n) is 16.5. The number of carbonyl (C=O) groups excluding carboxylic acids is 1. The predicted molar refractivity (Wildman–Crippen MR) is 122 cm³/mol. The minimum atomic E-state index is -3.61. The molecule has 4 rings (SSSR count). The van der Waals surface area contributed by atoms with E-state index in [0.717, 1.165) is 14.7 Å². The number of aromatic nitrogens is 1. The molecule has 9 heteroatoms. The van der Waals surface area contributed by atoms with Crippen molar-refractivity contribution in [2.45, 2.75) is 31.2 Å². The van der Waals surface area contributed by atoms with Gasteiger partial charge in [-0.25, -0.2) is 8.42 Å². The highest BCUT2D eigenvalue weighted by Gasteiger charge is 2.33. The van der Waals surface area contributed by atoms with E-state index >= 15 is 0 Å². The Labute approximate surface area is 188 Å². The average molecular weight is 508 g/mol. The first-order valence-corrected chi connectivity index (χ1v) is 12.9. The SMILES string of the molecule is CCn1c(=NC(=O)C2CCCN(S(=O)(=O)c3ccccc3)C2)sc2cccc(Br)c21. The number of hydrogen-bond donors (Lipinski definition) is 0. The van der Waals surface area contributed by atoms with Gasteiger partial charge in [0.25, 0.3) is 5.91 Å². The third kappa shape index (κ3) is 4.03. The van der Waals surface area contributed by atoms with Crippen LogP contribution in [-0.2, 0) is 21.4 Å². The van der Waals surface area contributed by atoms with Crippen molar-refractivity contribution in [1.82, 2.24) is 8.87 Å². The summed E-state index contributed by atoms with van der Waals surface area (Å²) in [5.41, 5.74) is 1.02. The van der Waals surface area contributed by atoms with E-state index in [2.05, 4.69) is 20.9 Å². The van der Waals surface area contributed by atoms with Crippen molar-refractivity contribution < 1.29 is 13.2 Å². The van der Waals surface area contributed by atoms with E-state index in [1.807, 2.05) is 29.7 Å². The van der Waals surface area contributed by atoms with Crippen molar-refractivity contribution in [1.29, 1.82) is 0 Å². The lowest BCUT2D eigenvalue weighted by atomic mass is 9.99. The van der Waals surface area contributed by atoms with Gasteiger partial charge < -0.3 is 4.57 Å². The van der Waals surface area contributed by atoms with E-state index in [4.69, 9.17) is 0 Å². The van der Waals surface area contributed by atoms with Crippen LogP contribution in [0.25, 0.3) is 10.2 Å². The van der Waals surface area contributed by atoms with Crippen molar-refractivity contribution in [3.63, 3.8) is 0 Å². The first-order chi connectivity index (χ1) is 14.4. The fraction of sp³-hybridized carbons (Fsp3) is 0.333. The summed E-state index contributed by atoms with van der Waals surface area (Å²) in [6, 6.07) is 14.3. The highest BCUT2D eigenvalue weighted by Crippen LogP contribution is 2.27. The van der Waals surface area contributed by atoms with Crippen LogP contribution in [0.5, 0.6) is 0 Å². The molecule has 0 aliphatic carbocycles. The van der Waals surface area contributed by atoms with Gasteiger partial charge >= 0.3 is 0 Å². The number of halogens is 1. The largest absolute Gasteiger partial charge is 0.316 e. The normalized spacial score (nSPS) is 18.7. The summed E-state index contributed by atoms with van der Waals surface area (Å²) in [4.78, 5) is 18.3. The molecule has 158 valence electrons. The van der Waals surface area contributed by atoms with Gasteiger partial charge in [-0.15, -0.1) is 0 Å². The number of rotatable bonds is 4. The molecule has 1 fully saturated rings. The number of benzene rings is 2. The average Bonchev–Trinajstić information content (AvgIpc) is 3.12. The van der Waals surface area contributed by atoms with E-state index < -0.39 is 15.9 Å². The van der Waals surface area contributed by atoms with Crippen molar-refractivity contribution in [2.24, 2.45) is 10.9 Å². The summed E-state index contributed by atoms with van der Waals surface area (Å²) < 4.78 is 31.3. The maximum absolute atomic E-state index is 13.0. The molecule has 1 aromatic heterocycles. The minimum Gasteiger partial charge on any atom is -0.316 e. The molecule has 1 saturated heterocycles. The van der Waals surface area contributed by atoms with Crippen molar-refractivity contribution >= 4 is 53.4 Å². The molecule has 0 N–H and O–H groups in total. The Balaban J connectivity index is 1.63. The Hall–Kier alpha value is -1.81. The van der Waals surface area contributed by atoms with Crippen LogP contribution >= 0.6 is 27.3 Å². The molecule has 6 nitrogen and oxygen atoms in total. The molecule has 0 radical (unpaired) electrons. The Morgan fingerprint density at radius 3 is 2.70 bits per heavy atom. The van der Waals surface area contributed by atoms with Crippen molar-refractivity contribution in [3.05, 3.63) is 57.8 Å². The van der Waals surface area contributed by atoms with E-state index in [9.17, 15) is 13.2 Å². The number of carbonyl (C=O) groups is 1. The summed E-state index contributed by atoms with van der Waals surface area (Å²) in [5.74, 6) is -0.691. The van der Waals surface area contributed by atoms with E-state index in [-0.39, 0.29) is 17.3 Å².